The van der Waals surface area contributed by atoms with Gasteiger partial charge >= 0.3 is 0 Å². The van der Waals surface area contributed by atoms with E-state index < -0.39 is 0 Å². The molecule has 0 radical (unpaired) electrons. The van der Waals surface area contributed by atoms with Crippen molar-refractivity contribution in [1.82, 2.24) is 20.0 Å². The highest BCUT2D eigenvalue weighted by atomic mass is 16.5. The van der Waals surface area contributed by atoms with Gasteiger partial charge in [0.1, 0.15) is 5.75 Å². The summed E-state index contributed by atoms with van der Waals surface area (Å²) < 4.78 is 5.24. The summed E-state index contributed by atoms with van der Waals surface area (Å²) in [7, 11) is 3.40. The fourth-order valence-corrected chi connectivity index (χ4v) is 3.28. The number of ether oxygens (including phenoxy) is 1. The molecule has 0 bridgehead atoms. The van der Waals surface area contributed by atoms with Crippen molar-refractivity contribution >= 4 is 11.8 Å². The SMILES string of the molecule is COc1cccc(CN2C[C@H](C(=O)N(C)Cc3ccn[nH]3)CCC2=O)c1. The molecular weight excluding hydrogens is 332 g/mol. The zero-order valence-electron chi connectivity index (χ0n) is 15.1. The van der Waals surface area contributed by atoms with E-state index in [4.69, 9.17) is 4.74 Å². The van der Waals surface area contributed by atoms with E-state index in [1.165, 1.54) is 0 Å². The van der Waals surface area contributed by atoms with Gasteiger partial charge in [-0.05, 0) is 30.2 Å². The summed E-state index contributed by atoms with van der Waals surface area (Å²) in [6, 6.07) is 9.51. The van der Waals surface area contributed by atoms with Crippen LogP contribution in [0.1, 0.15) is 24.1 Å². The first-order chi connectivity index (χ1) is 12.6. The molecule has 2 aromatic rings. The fraction of sp³-hybridized carbons (Fsp3) is 0.421. The maximum atomic E-state index is 12.8. The second kappa shape index (κ2) is 8.03. The van der Waals surface area contributed by atoms with Gasteiger partial charge in [-0.25, -0.2) is 0 Å². The first-order valence-electron chi connectivity index (χ1n) is 8.70. The van der Waals surface area contributed by atoms with Crippen molar-refractivity contribution in [3.8, 4) is 5.75 Å². The van der Waals surface area contributed by atoms with Crippen molar-refractivity contribution < 1.29 is 14.3 Å². The largest absolute Gasteiger partial charge is 0.497 e. The van der Waals surface area contributed by atoms with E-state index in [1.807, 2.05) is 30.3 Å². The number of carbonyl (C=O) groups excluding carboxylic acids is 2. The molecule has 0 saturated carbocycles. The predicted molar refractivity (Wildman–Crippen MR) is 96.2 cm³/mol. The third-order valence-corrected chi connectivity index (χ3v) is 4.70. The number of hydrogen-bond acceptors (Lipinski definition) is 4. The van der Waals surface area contributed by atoms with Gasteiger partial charge in [-0.2, -0.15) is 5.10 Å². The normalized spacial score (nSPS) is 17.2. The monoisotopic (exact) mass is 356 g/mol. The molecule has 0 unspecified atom stereocenters. The minimum absolute atomic E-state index is 0.0581. The van der Waals surface area contributed by atoms with E-state index in [2.05, 4.69) is 10.2 Å². The third kappa shape index (κ3) is 4.22. The highest BCUT2D eigenvalue weighted by Crippen LogP contribution is 2.23. The summed E-state index contributed by atoms with van der Waals surface area (Å²) >= 11 is 0. The Bertz CT molecular complexity index is 760. The standard InChI is InChI=1S/C19H24N4O3/c1-22(13-16-8-9-20-21-16)19(25)15-6-7-18(24)23(12-15)11-14-4-3-5-17(10-14)26-2/h3-5,8-10,15H,6-7,11-13H2,1-2H3,(H,20,21)/t15-/m1/s1. The van der Waals surface area contributed by atoms with Gasteiger partial charge in [0.15, 0.2) is 0 Å². The van der Waals surface area contributed by atoms with Crippen molar-refractivity contribution in [3.05, 3.63) is 47.8 Å². The van der Waals surface area contributed by atoms with Crippen LogP contribution < -0.4 is 4.74 Å². The molecule has 1 aliphatic heterocycles. The van der Waals surface area contributed by atoms with E-state index in [1.54, 1.807) is 30.2 Å². The Kier molecular flexibility index (Phi) is 5.55. The number of hydrogen-bond donors (Lipinski definition) is 1. The number of methoxy groups -OCH3 is 1. The molecule has 1 aromatic carbocycles. The lowest BCUT2D eigenvalue weighted by atomic mass is 9.95. The van der Waals surface area contributed by atoms with Gasteiger partial charge in [-0.1, -0.05) is 12.1 Å². The van der Waals surface area contributed by atoms with Crippen LogP contribution in [0.2, 0.25) is 0 Å². The molecule has 1 atom stereocenters. The molecule has 1 aromatic heterocycles. The number of benzene rings is 1. The quantitative estimate of drug-likeness (QED) is 0.856. The number of H-pyrrole nitrogens is 1. The van der Waals surface area contributed by atoms with Crippen LogP contribution in [-0.4, -0.2) is 52.5 Å². The van der Waals surface area contributed by atoms with Crippen LogP contribution in [0.15, 0.2) is 36.5 Å². The van der Waals surface area contributed by atoms with Gasteiger partial charge in [0.05, 0.1) is 25.3 Å². The summed E-state index contributed by atoms with van der Waals surface area (Å²) in [5.74, 6) is 0.737. The molecule has 7 heteroatoms. The molecule has 0 spiro atoms. The summed E-state index contributed by atoms with van der Waals surface area (Å²) in [4.78, 5) is 28.5. The van der Waals surface area contributed by atoms with Gasteiger partial charge in [-0.3, -0.25) is 14.7 Å². The van der Waals surface area contributed by atoms with E-state index in [-0.39, 0.29) is 17.7 Å². The van der Waals surface area contributed by atoms with E-state index in [9.17, 15) is 9.59 Å². The van der Waals surface area contributed by atoms with Crippen LogP contribution in [0, 0.1) is 5.92 Å². The molecule has 2 heterocycles. The number of nitrogens with one attached hydrogen (secondary N) is 1. The fourth-order valence-electron chi connectivity index (χ4n) is 3.28. The Balaban J connectivity index is 1.63. The van der Waals surface area contributed by atoms with Crippen LogP contribution >= 0.6 is 0 Å². The average molecular weight is 356 g/mol. The minimum atomic E-state index is -0.175. The molecule has 1 N–H and O–H groups in total. The summed E-state index contributed by atoms with van der Waals surface area (Å²) in [6.07, 6.45) is 2.67. The zero-order valence-corrected chi connectivity index (χ0v) is 15.1. The number of amides is 2. The first-order valence-corrected chi connectivity index (χ1v) is 8.70. The van der Waals surface area contributed by atoms with Crippen molar-refractivity contribution in [2.45, 2.75) is 25.9 Å². The number of nitrogens with zero attached hydrogens (tertiary/aromatic N) is 3. The summed E-state index contributed by atoms with van der Waals surface area (Å²) in [6.45, 7) is 1.42. The topological polar surface area (TPSA) is 78.5 Å². The van der Waals surface area contributed by atoms with Gasteiger partial charge in [0.2, 0.25) is 11.8 Å². The lowest BCUT2D eigenvalue weighted by Gasteiger charge is -2.34. The molecule has 138 valence electrons. The molecule has 3 rings (SSSR count). The summed E-state index contributed by atoms with van der Waals surface area (Å²) in [5, 5.41) is 6.77. The number of aromatic nitrogens is 2. The molecular formula is C19H24N4O3. The molecule has 1 fully saturated rings. The maximum absolute atomic E-state index is 12.8. The van der Waals surface area contributed by atoms with E-state index >= 15 is 0 Å². The Labute approximate surface area is 152 Å². The van der Waals surface area contributed by atoms with E-state index in [0.717, 1.165) is 17.0 Å². The summed E-state index contributed by atoms with van der Waals surface area (Å²) in [5.41, 5.74) is 1.89. The highest BCUT2D eigenvalue weighted by Gasteiger charge is 2.31. The Morgan fingerprint density at radius 3 is 3.00 bits per heavy atom. The predicted octanol–water partition coefficient (Wildman–Crippen LogP) is 1.82. The van der Waals surface area contributed by atoms with Crippen LogP contribution in [0.4, 0.5) is 0 Å². The number of rotatable bonds is 6. The van der Waals surface area contributed by atoms with Gasteiger partial charge in [0, 0.05) is 32.8 Å². The molecule has 2 amide bonds. The smallest absolute Gasteiger partial charge is 0.227 e. The van der Waals surface area contributed by atoms with Crippen LogP contribution in [0.3, 0.4) is 0 Å². The van der Waals surface area contributed by atoms with Crippen molar-refractivity contribution in [1.29, 1.82) is 0 Å². The van der Waals surface area contributed by atoms with Crippen LogP contribution in [0.25, 0.3) is 0 Å². The van der Waals surface area contributed by atoms with Gasteiger partial charge in [0.25, 0.3) is 0 Å². The van der Waals surface area contributed by atoms with Crippen molar-refractivity contribution in [3.63, 3.8) is 0 Å². The van der Waals surface area contributed by atoms with Crippen molar-refractivity contribution in [2.75, 3.05) is 20.7 Å². The number of aromatic amines is 1. The molecule has 0 aliphatic carbocycles. The molecule has 7 nitrogen and oxygen atoms in total. The van der Waals surface area contributed by atoms with Crippen LogP contribution in [-0.2, 0) is 22.7 Å². The van der Waals surface area contributed by atoms with Gasteiger partial charge < -0.3 is 14.5 Å². The zero-order chi connectivity index (χ0) is 18.5. The Hall–Kier alpha value is -2.83. The van der Waals surface area contributed by atoms with Crippen molar-refractivity contribution in [2.24, 2.45) is 5.92 Å². The second-order valence-corrected chi connectivity index (χ2v) is 6.64. The Morgan fingerprint density at radius 1 is 1.42 bits per heavy atom. The molecule has 1 saturated heterocycles. The Morgan fingerprint density at radius 2 is 2.27 bits per heavy atom. The maximum Gasteiger partial charge on any atom is 0.227 e. The van der Waals surface area contributed by atoms with Gasteiger partial charge in [-0.15, -0.1) is 0 Å². The van der Waals surface area contributed by atoms with Crippen LogP contribution in [0.5, 0.6) is 5.75 Å². The minimum Gasteiger partial charge on any atom is -0.497 e. The lowest BCUT2D eigenvalue weighted by Crippen LogP contribution is -2.45. The average Bonchev–Trinajstić information content (AvgIpc) is 3.16. The number of piperidine rings is 1. The number of carbonyl (C=O) groups is 2. The highest BCUT2D eigenvalue weighted by molar-refractivity contribution is 5.83. The number of likely N-dealkylation sites (tertiary alicyclic amines) is 1. The lowest BCUT2D eigenvalue weighted by molar-refractivity contribution is -0.143. The second-order valence-electron chi connectivity index (χ2n) is 6.64. The molecule has 26 heavy (non-hydrogen) atoms. The molecule has 1 aliphatic rings. The van der Waals surface area contributed by atoms with E-state index in [0.29, 0.717) is 32.5 Å². The first kappa shape index (κ1) is 18.0. The third-order valence-electron chi connectivity index (χ3n) is 4.70.